The Morgan fingerprint density at radius 2 is 1.79 bits per heavy atom. The van der Waals surface area contributed by atoms with Crippen LogP contribution < -0.4 is 4.74 Å². The van der Waals surface area contributed by atoms with Gasteiger partial charge < -0.3 is 14.9 Å². The number of ketones is 1. The third-order valence-electron chi connectivity index (χ3n) is 4.35. The van der Waals surface area contributed by atoms with Crippen LogP contribution in [0.15, 0.2) is 18.2 Å². The SMILES string of the molecule is CCCCCCCCCC(=O)C(O)CCc1ccc(O)c(OC)c1. The van der Waals surface area contributed by atoms with Gasteiger partial charge in [0.1, 0.15) is 6.10 Å². The molecular formula is C20H32O4. The standard InChI is InChI=1S/C20H32O4/c1-3-4-5-6-7-8-9-10-17(21)18(22)13-11-16-12-14-19(23)20(15-16)24-2/h12,14-15,18,22-23H,3-11,13H2,1-2H3. The summed E-state index contributed by atoms with van der Waals surface area (Å²) in [5.41, 5.74) is 0.937. The fourth-order valence-electron chi connectivity index (χ4n) is 2.76. The molecular weight excluding hydrogens is 304 g/mol. The third-order valence-corrected chi connectivity index (χ3v) is 4.35. The highest BCUT2D eigenvalue weighted by Crippen LogP contribution is 2.27. The van der Waals surface area contributed by atoms with Gasteiger partial charge in [-0.1, -0.05) is 51.5 Å². The number of aryl methyl sites for hydroxylation is 1. The van der Waals surface area contributed by atoms with Crippen molar-refractivity contribution in [3.05, 3.63) is 23.8 Å². The molecule has 0 heterocycles. The van der Waals surface area contributed by atoms with Gasteiger partial charge in [-0.3, -0.25) is 4.79 Å². The first-order valence-corrected chi connectivity index (χ1v) is 9.15. The number of benzene rings is 1. The second kappa shape index (κ2) is 11.9. The lowest BCUT2D eigenvalue weighted by molar-refractivity contribution is -0.127. The van der Waals surface area contributed by atoms with E-state index in [9.17, 15) is 15.0 Å². The Balaban J connectivity index is 2.22. The highest BCUT2D eigenvalue weighted by Gasteiger charge is 2.14. The maximum Gasteiger partial charge on any atom is 0.161 e. The third kappa shape index (κ3) is 7.82. The van der Waals surface area contributed by atoms with Crippen LogP contribution in [0.4, 0.5) is 0 Å². The molecule has 0 fully saturated rings. The Morgan fingerprint density at radius 1 is 1.12 bits per heavy atom. The molecule has 1 unspecified atom stereocenters. The fourth-order valence-corrected chi connectivity index (χ4v) is 2.76. The van der Waals surface area contributed by atoms with Crippen LogP contribution in [0.1, 0.15) is 70.3 Å². The minimum absolute atomic E-state index is 0.0608. The van der Waals surface area contributed by atoms with Crippen molar-refractivity contribution in [1.29, 1.82) is 0 Å². The molecule has 136 valence electrons. The van der Waals surface area contributed by atoms with Crippen molar-refractivity contribution < 1.29 is 19.7 Å². The smallest absolute Gasteiger partial charge is 0.161 e. The second-order valence-corrected chi connectivity index (χ2v) is 6.40. The number of unbranched alkanes of at least 4 members (excludes halogenated alkanes) is 6. The van der Waals surface area contributed by atoms with Crippen molar-refractivity contribution in [2.45, 2.75) is 77.2 Å². The molecule has 0 amide bonds. The summed E-state index contributed by atoms with van der Waals surface area (Å²) in [5.74, 6) is 0.447. The molecule has 2 N–H and O–H groups in total. The van der Waals surface area contributed by atoms with E-state index in [2.05, 4.69) is 6.92 Å². The minimum Gasteiger partial charge on any atom is -0.504 e. The number of carbonyl (C=O) groups excluding carboxylic acids is 1. The molecule has 0 bridgehead atoms. The first-order chi connectivity index (χ1) is 11.6. The summed E-state index contributed by atoms with van der Waals surface area (Å²) in [6, 6.07) is 5.09. The number of methoxy groups -OCH3 is 1. The number of carbonyl (C=O) groups is 1. The highest BCUT2D eigenvalue weighted by molar-refractivity contribution is 5.82. The van der Waals surface area contributed by atoms with E-state index in [1.54, 1.807) is 18.2 Å². The molecule has 0 aromatic heterocycles. The Morgan fingerprint density at radius 3 is 2.46 bits per heavy atom. The first kappa shape index (κ1) is 20.5. The number of hydrogen-bond acceptors (Lipinski definition) is 4. The average Bonchev–Trinajstić information content (AvgIpc) is 2.59. The summed E-state index contributed by atoms with van der Waals surface area (Å²) >= 11 is 0. The highest BCUT2D eigenvalue weighted by atomic mass is 16.5. The minimum atomic E-state index is -0.898. The van der Waals surface area contributed by atoms with Crippen molar-refractivity contribution in [3.63, 3.8) is 0 Å². The molecule has 0 aliphatic heterocycles. The predicted molar refractivity (Wildman–Crippen MR) is 96.6 cm³/mol. The molecule has 0 saturated carbocycles. The van der Waals surface area contributed by atoms with Gasteiger partial charge in [0.25, 0.3) is 0 Å². The maximum atomic E-state index is 12.0. The Kier molecular flexibility index (Phi) is 10.2. The Hall–Kier alpha value is -1.55. The number of Topliss-reactive ketones (excluding diaryl/α,β-unsaturated/α-hetero) is 1. The monoisotopic (exact) mass is 336 g/mol. The zero-order valence-electron chi connectivity index (χ0n) is 15.1. The van der Waals surface area contributed by atoms with Crippen LogP contribution in [-0.4, -0.2) is 29.2 Å². The van der Waals surface area contributed by atoms with E-state index >= 15 is 0 Å². The van der Waals surface area contributed by atoms with Gasteiger partial charge in [0.05, 0.1) is 7.11 Å². The molecule has 0 radical (unpaired) electrons. The van der Waals surface area contributed by atoms with E-state index < -0.39 is 6.10 Å². The van der Waals surface area contributed by atoms with Gasteiger partial charge in [-0.2, -0.15) is 0 Å². The van der Waals surface area contributed by atoms with Crippen molar-refractivity contribution in [2.75, 3.05) is 7.11 Å². The molecule has 0 aliphatic rings. The zero-order chi connectivity index (χ0) is 17.8. The van der Waals surface area contributed by atoms with Gasteiger partial charge in [0.15, 0.2) is 17.3 Å². The molecule has 1 atom stereocenters. The van der Waals surface area contributed by atoms with Crippen LogP contribution >= 0.6 is 0 Å². The van der Waals surface area contributed by atoms with Gasteiger partial charge in [-0.05, 0) is 37.0 Å². The van der Waals surface area contributed by atoms with E-state index in [0.29, 0.717) is 25.0 Å². The van der Waals surface area contributed by atoms with Gasteiger partial charge >= 0.3 is 0 Å². The largest absolute Gasteiger partial charge is 0.504 e. The average molecular weight is 336 g/mol. The Bertz CT molecular complexity index is 485. The van der Waals surface area contributed by atoms with Crippen molar-refractivity contribution in [1.82, 2.24) is 0 Å². The maximum absolute atomic E-state index is 12.0. The topological polar surface area (TPSA) is 66.8 Å². The van der Waals surface area contributed by atoms with Crippen molar-refractivity contribution in [2.24, 2.45) is 0 Å². The van der Waals surface area contributed by atoms with E-state index in [-0.39, 0.29) is 11.5 Å². The van der Waals surface area contributed by atoms with Crippen LogP contribution in [0.2, 0.25) is 0 Å². The molecule has 1 aromatic carbocycles. The van der Waals surface area contributed by atoms with Gasteiger partial charge in [0.2, 0.25) is 0 Å². The number of aromatic hydroxyl groups is 1. The quantitative estimate of drug-likeness (QED) is 0.524. The van der Waals surface area contributed by atoms with E-state index in [4.69, 9.17) is 4.74 Å². The number of ether oxygens (including phenoxy) is 1. The molecule has 1 rings (SSSR count). The fraction of sp³-hybridized carbons (Fsp3) is 0.650. The number of phenolic OH excluding ortho intramolecular Hbond substituents is 1. The first-order valence-electron chi connectivity index (χ1n) is 9.15. The molecule has 0 aliphatic carbocycles. The van der Waals surface area contributed by atoms with Crippen LogP contribution in [0.5, 0.6) is 11.5 Å². The Labute approximate surface area is 145 Å². The number of hydrogen-bond donors (Lipinski definition) is 2. The lowest BCUT2D eigenvalue weighted by Crippen LogP contribution is -2.20. The second-order valence-electron chi connectivity index (χ2n) is 6.40. The lowest BCUT2D eigenvalue weighted by atomic mass is 10.00. The van der Waals surface area contributed by atoms with Crippen molar-refractivity contribution in [3.8, 4) is 11.5 Å². The summed E-state index contributed by atoms with van der Waals surface area (Å²) in [6.45, 7) is 2.20. The van der Waals surface area contributed by atoms with Crippen LogP contribution in [-0.2, 0) is 11.2 Å². The number of aliphatic hydroxyl groups excluding tert-OH is 1. The number of phenols is 1. The normalized spacial score (nSPS) is 12.1. The summed E-state index contributed by atoms with van der Waals surface area (Å²) in [5, 5.41) is 19.6. The van der Waals surface area contributed by atoms with Gasteiger partial charge in [-0.25, -0.2) is 0 Å². The van der Waals surface area contributed by atoms with E-state index in [0.717, 1.165) is 18.4 Å². The zero-order valence-corrected chi connectivity index (χ0v) is 15.1. The van der Waals surface area contributed by atoms with Crippen LogP contribution in [0.3, 0.4) is 0 Å². The summed E-state index contributed by atoms with van der Waals surface area (Å²) in [7, 11) is 1.50. The van der Waals surface area contributed by atoms with E-state index in [1.807, 2.05) is 0 Å². The lowest BCUT2D eigenvalue weighted by Gasteiger charge is -2.11. The number of aliphatic hydroxyl groups is 1. The summed E-state index contributed by atoms with van der Waals surface area (Å²) in [4.78, 5) is 12.0. The van der Waals surface area contributed by atoms with E-state index in [1.165, 1.54) is 39.2 Å². The van der Waals surface area contributed by atoms with Crippen molar-refractivity contribution >= 4 is 5.78 Å². The molecule has 24 heavy (non-hydrogen) atoms. The van der Waals surface area contributed by atoms with Crippen LogP contribution in [0.25, 0.3) is 0 Å². The molecule has 4 nitrogen and oxygen atoms in total. The molecule has 1 aromatic rings. The molecule has 0 saturated heterocycles. The summed E-state index contributed by atoms with van der Waals surface area (Å²) < 4.78 is 5.06. The molecule has 4 heteroatoms. The van der Waals surface area contributed by atoms with Gasteiger partial charge in [-0.15, -0.1) is 0 Å². The summed E-state index contributed by atoms with van der Waals surface area (Å²) in [6.07, 6.45) is 8.74. The number of rotatable bonds is 13. The predicted octanol–water partition coefficient (Wildman–Crippen LogP) is 4.40. The molecule has 0 spiro atoms. The van der Waals surface area contributed by atoms with Gasteiger partial charge in [0, 0.05) is 6.42 Å². The van der Waals surface area contributed by atoms with Crippen LogP contribution in [0, 0.1) is 0 Å².